The number of anilines is 2. The molecule has 1 unspecified atom stereocenters. The fourth-order valence-electron chi connectivity index (χ4n) is 2.11. The van der Waals surface area contributed by atoms with Gasteiger partial charge in [-0.15, -0.1) is 0 Å². The van der Waals surface area contributed by atoms with Gasteiger partial charge in [-0.1, -0.05) is 0 Å². The minimum Gasteiger partial charge on any atom is -0.383 e. The predicted molar refractivity (Wildman–Crippen MR) is 74.8 cm³/mol. The second-order valence-corrected chi connectivity index (χ2v) is 4.84. The van der Waals surface area contributed by atoms with Crippen LogP contribution in [0.15, 0.2) is 12.4 Å². The largest absolute Gasteiger partial charge is 0.383 e. The summed E-state index contributed by atoms with van der Waals surface area (Å²) in [5, 5.41) is 7.65. The van der Waals surface area contributed by atoms with Crippen molar-refractivity contribution in [1.29, 1.82) is 0 Å². The molecule has 6 heteroatoms. The van der Waals surface area contributed by atoms with Crippen molar-refractivity contribution in [3.05, 3.63) is 23.8 Å². The molecule has 0 fully saturated rings. The summed E-state index contributed by atoms with van der Waals surface area (Å²) in [5.74, 6) is 0.818. The molecule has 6 nitrogen and oxygen atoms in total. The molecular weight excluding hydrogens is 242 g/mol. The normalized spacial score (nSPS) is 12.7. The van der Waals surface area contributed by atoms with Gasteiger partial charge < -0.3 is 14.6 Å². The van der Waals surface area contributed by atoms with Crippen LogP contribution in [0.1, 0.15) is 24.4 Å². The van der Waals surface area contributed by atoms with Gasteiger partial charge in [0.1, 0.15) is 0 Å². The Kier molecular flexibility index (Phi) is 3.90. The molecule has 0 radical (unpaired) electrons. The first-order chi connectivity index (χ1) is 9.01. The Balaban J connectivity index is 2.27. The summed E-state index contributed by atoms with van der Waals surface area (Å²) in [5.41, 5.74) is 2.90. The Hall–Kier alpha value is -1.82. The SMILES string of the molecule is COCC(C)n1cc(C)nc1Nc1cn(C)nc1C. The summed E-state index contributed by atoms with van der Waals surface area (Å²) in [7, 11) is 3.61. The maximum absolute atomic E-state index is 5.21. The molecule has 2 rings (SSSR count). The Bertz CT molecular complexity index is 557. The third kappa shape index (κ3) is 2.96. The highest BCUT2D eigenvalue weighted by Gasteiger charge is 2.13. The predicted octanol–water partition coefficient (Wildman–Crippen LogP) is 2.18. The van der Waals surface area contributed by atoms with Crippen molar-refractivity contribution >= 4 is 11.6 Å². The van der Waals surface area contributed by atoms with Crippen molar-refractivity contribution in [2.75, 3.05) is 19.0 Å². The summed E-state index contributed by atoms with van der Waals surface area (Å²) in [6, 6.07) is 0.227. The van der Waals surface area contributed by atoms with Crippen LogP contribution < -0.4 is 5.32 Å². The van der Waals surface area contributed by atoms with Crippen LogP contribution in [-0.4, -0.2) is 33.0 Å². The van der Waals surface area contributed by atoms with E-state index in [0.717, 1.165) is 23.0 Å². The van der Waals surface area contributed by atoms with Crippen LogP contribution in [0.3, 0.4) is 0 Å². The second kappa shape index (κ2) is 5.44. The van der Waals surface area contributed by atoms with Gasteiger partial charge in [-0.2, -0.15) is 5.10 Å². The highest BCUT2D eigenvalue weighted by molar-refractivity contribution is 5.55. The van der Waals surface area contributed by atoms with Gasteiger partial charge in [0.2, 0.25) is 5.95 Å². The van der Waals surface area contributed by atoms with E-state index in [1.165, 1.54) is 0 Å². The van der Waals surface area contributed by atoms with Crippen LogP contribution in [0.25, 0.3) is 0 Å². The van der Waals surface area contributed by atoms with Crippen molar-refractivity contribution in [3.8, 4) is 0 Å². The van der Waals surface area contributed by atoms with Gasteiger partial charge in [0, 0.05) is 26.6 Å². The highest BCUT2D eigenvalue weighted by Crippen LogP contribution is 2.22. The van der Waals surface area contributed by atoms with Crippen LogP contribution in [0.5, 0.6) is 0 Å². The Morgan fingerprint density at radius 2 is 2.11 bits per heavy atom. The summed E-state index contributed by atoms with van der Waals surface area (Å²) < 4.78 is 9.08. The molecule has 0 aromatic carbocycles. The van der Waals surface area contributed by atoms with Crippen molar-refractivity contribution < 1.29 is 4.74 Å². The minimum atomic E-state index is 0.227. The smallest absolute Gasteiger partial charge is 0.208 e. The summed E-state index contributed by atoms with van der Waals surface area (Å²) >= 11 is 0. The summed E-state index contributed by atoms with van der Waals surface area (Å²) in [4.78, 5) is 4.52. The number of imidazole rings is 1. The standard InChI is InChI=1S/C13H21N5O/c1-9-6-18(10(2)8-19-5)13(14-9)15-12-7-17(4)16-11(12)3/h6-7,10H,8H2,1-5H3,(H,14,15). The molecule has 2 heterocycles. The van der Waals surface area contributed by atoms with E-state index in [1.54, 1.807) is 11.8 Å². The number of hydrogen-bond acceptors (Lipinski definition) is 4. The molecule has 2 aromatic heterocycles. The van der Waals surface area contributed by atoms with Crippen molar-refractivity contribution in [3.63, 3.8) is 0 Å². The van der Waals surface area contributed by atoms with Crippen LogP contribution in [0, 0.1) is 13.8 Å². The number of nitrogens with one attached hydrogen (secondary N) is 1. The molecule has 0 amide bonds. The van der Waals surface area contributed by atoms with Gasteiger partial charge in [-0.3, -0.25) is 4.68 Å². The van der Waals surface area contributed by atoms with Gasteiger partial charge in [0.05, 0.1) is 29.7 Å². The molecule has 0 saturated heterocycles. The second-order valence-electron chi connectivity index (χ2n) is 4.84. The average Bonchev–Trinajstić information content (AvgIpc) is 2.83. The van der Waals surface area contributed by atoms with E-state index < -0.39 is 0 Å². The Labute approximate surface area is 113 Å². The fourth-order valence-corrected chi connectivity index (χ4v) is 2.11. The summed E-state index contributed by atoms with van der Waals surface area (Å²) in [6.45, 7) is 6.71. The number of aromatic nitrogens is 4. The molecule has 1 N–H and O–H groups in total. The molecule has 0 saturated carbocycles. The lowest BCUT2D eigenvalue weighted by atomic mass is 10.3. The third-order valence-electron chi connectivity index (χ3n) is 3.00. The molecular formula is C13H21N5O. The maximum Gasteiger partial charge on any atom is 0.208 e. The number of methoxy groups -OCH3 is 1. The molecule has 0 aliphatic rings. The van der Waals surface area contributed by atoms with Crippen molar-refractivity contribution in [2.45, 2.75) is 26.8 Å². The van der Waals surface area contributed by atoms with Gasteiger partial charge >= 0.3 is 0 Å². The monoisotopic (exact) mass is 263 g/mol. The highest BCUT2D eigenvalue weighted by atomic mass is 16.5. The molecule has 0 spiro atoms. The molecule has 19 heavy (non-hydrogen) atoms. The summed E-state index contributed by atoms with van der Waals surface area (Å²) in [6.07, 6.45) is 3.97. The van der Waals surface area contributed by atoms with Crippen LogP contribution in [0.2, 0.25) is 0 Å². The number of aryl methyl sites for hydroxylation is 3. The first kappa shape index (κ1) is 13.6. The quantitative estimate of drug-likeness (QED) is 0.898. The number of ether oxygens (including phenoxy) is 1. The van der Waals surface area contributed by atoms with E-state index in [2.05, 4.69) is 26.9 Å². The molecule has 0 bridgehead atoms. The van der Waals surface area contributed by atoms with Gasteiger partial charge in [0.25, 0.3) is 0 Å². The van der Waals surface area contributed by atoms with E-state index in [4.69, 9.17) is 4.74 Å². The average molecular weight is 263 g/mol. The van der Waals surface area contributed by atoms with E-state index in [0.29, 0.717) is 6.61 Å². The lowest BCUT2D eigenvalue weighted by Crippen LogP contribution is -2.12. The number of rotatable bonds is 5. The minimum absolute atomic E-state index is 0.227. The molecule has 0 aliphatic carbocycles. The van der Waals surface area contributed by atoms with Gasteiger partial charge in [0.15, 0.2) is 0 Å². The molecule has 2 aromatic rings. The lowest BCUT2D eigenvalue weighted by molar-refractivity contribution is 0.163. The molecule has 1 atom stereocenters. The molecule has 0 aliphatic heterocycles. The zero-order chi connectivity index (χ0) is 14.0. The Morgan fingerprint density at radius 1 is 1.37 bits per heavy atom. The van der Waals surface area contributed by atoms with Crippen molar-refractivity contribution in [1.82, 2.24) is 19.3 Å². The Morgan fingerprint density at radius 3 is 2.68 bits per heavy atom. The van der Waals surface area contributed by atoms with E-state index in [9.17, 15) is 0 Å². The van der Waals surface area contributed by atoms with Crippen molar-refractivity contribution in [2.24, 2.45) is 7.05 Å². The van der Waals surface area contributed by atoms with Gasteiger partial charge in [-0.05, 0) is 20.8 Å². The van der Waals surface area contributed by atoms with Gasteiger partial charge in [-0.25, -0.2) is 4.98 Å². The first-order valence-electron chi connectivity index (χ1n) is 6.33. The zero-order valence-corrected chi connectivity index (χ0v) is 12.1. The number of hydrogen-bond donors (Lipinski definition) is 1. The maximum atomic E-state index is 5.21. The number of nitrogens with zero attached hydrogens (tertiary/aromatic N) is 4. The fraction of sp³-hybridized carbons (Fsp3) is 0.538. The zero-order valence-electron chi connectivity index (χ0n) is 12.1. The topological polar surface area (TPSA) is 56.9 Å². The van der Waals surface area contributed by atoms with Crippen LogP contribution in [0.4, 0.5) is 11.6 Å². The van der Waals surface area contributed by atoms with E-state index in [1.807, 2.05) is 33.3 Å². The lowest BCUT2D eigenvalue weighted by Gasteiger charge is -2.15. The first-order valence-corrected chi connectivity index (χ1v) is 6.33. The molecule has 104 valence electrons. The van der Waals surface area contributed by atoms with E-state index >= 15 is 0 Å². The van der Waals surface area contributed by atoms with Crippen LogP contribution in [-0.2, 0) is 11.8 Å². The van der Waals surface area contributed by atoms with E-state index in [-0.39, 0.29) is 6.04 Å². The van der Waals surface area contributed by atoms with Crippen LogP contribution >= 0.6 is 0 Å². The third-order valence-corrected chi connectivity index (χ3v) is 3.00.